The summed E-state index contributed by atoms with van der Waals surface area (Å²) in [6.07, 6.45) is 3.88. The summed E-state index contributed by atoms with van der Waals surface area (Å²) in [4.78, 5) is 11.9. The van der Waals surface area contributed by atoms with Crippen LogP contribution in [0.3, 0.4) is 0 Å². The van der Waals surface area contributed by atoms with Gasteiger partial charge in [0.05, 0.1) is 12.1 Å². The highest BCUT2D eigenvalue weighted by molar-refractivity contribution is 9.10. The summed E-state index contributed by atoms with van der Waals surface area (Å²) < 4.78 is 6.56. The lowest BCUT2D eigenvalue weighted by molar-refractivity contribution is -0.122. The summed E-state index contributed by atoms with van der Waals surface area (Å²) in [7, 11) is 0. The van der Waals surface area contributed by atoms with Crippen molar-refractivity contribution in [2.45, 2.75) is 44.8 Å². The summed E-state index contributed by atoms with van der Waals surface area (Å²) in [6, 6.07) is 8.06. The molecule has 1 saturated heterocycles. The minimum Gasteiger partial charge on any atom is -0.378 e. The molecule has 1 aromatic rings. The largest absolute Gasteiger partial charge is 0.378 e. The van der Waals surface area contributed by atoms with E-state index in [1.165, 1.54) is 0 Å². The summed E-state index contributed by atoms with van der Waals surface area (Å²) in [5.41, 5.74) is 1.11. The van der Waals surface area contributed by atoms with Gasteiger partial charge in [-0.15, -0.1) is 0 Å². The standard InChI is InChI=1S/C15H20BrNO2/c1-11(12-4-2-5-13(16)10-12)17-15(18)8-7-14-6-3-9-19-14/h2,4-5,10-11,14H,3,6-9H2,1H3,(H,17,18). The molecule has 1 N–H and O–H groups in total. The van der Waals surface area contributed by atoms with Crippen LogP contribution in [-0.4, -0.2) is 18.6 Å². The Morgan fingerprint density at radius 1 is 1.58 bits per heavy atom. The predicted octanol–water partition coefficient (Wildman–Crippen LogP) is 3.59. The molecule has 0 saturated carbocycles. The third-order valence-electron chi connectivity index (χ3n) is 3.44. The van der Waals surface area contributed by atoms with E-state index in [1.54, 1.807) is 0 Å². The van der Waals surface area contributed by atoms with Gasteiger partial charge in [-0.25, -0.2) is 0 Å². The van der Waals surface area contributed by atoms with E-state index < -0.39 is 0 Å². The van der Waals surface area contributed by atoms with Crippen LogP contribution in [0.15, 0.2) is 28.7 Å². The maximum Gasteiger partial charge on any atom is 0.220 e. The van der Waals surface area contributed by atoms with Crippen LogP contribution in [-0.2, 0) is 9.53 Å². The average molecular weight is 326 g/mol. The third-order valence-corrected chi connectivity index (χ3v) is 3.94. The van der Waals surface area contributed by atoms with Crippen molar-refractivity contribution >= 4 is 21.8 Å². The molecule has 2 unspecified atom stereocenters. The fraction of sp³-hybridized carbons (Fsp3) is 0.533. The van der Waals surface area contributed by atoms with Gasteiger partial charge in [-0.05, 0) is 43.9 Å². The van der Waals surface area contributed by atoms with E-state index in [-0.39, 0.29) is 18.1 Å². The number of amides is 1. The average Bonchev–Trinajstić information content (AvgIpc) is 2.89. The number of nitrogens with one attached hydrogen (secondary N) is 1. The van der Waals surface area contributed by atoms with Crippen LogP contribution in [0.25, 0.3) is 0 Å². The van der Waals surface area contributed by atoms with E-state index in [4.69, 9.17) is 4.74 Å². The van der Waals surface area contributed by atoms with Crippen molar-refractivity contribution in [3.8, 4) is 0 Å². The first kappa shape index (κ1) is 14.5. The van der Waals surface area contributed by atoms with E-state index in [0.717, 1.165) is 35.9 Å². The molecular formula is C15H20BrNO2. The molecule has 104 valence electrons. The Balaban J connectivity index is 1.77. The first-order chi connectivity index (χ1) is 9.15. The van der Waals surface area contributed by atoms with Gasteiger partial charge in [0.2, 0.25) is 5.91 Å². The molecule has 1 aliphatic rings. The van der Waals surface area contributed by atoms with Crippen molar-refractivity contribution in [2.24, 2.45) is 0 Å². The van der Waals surface area contributed by atoms with E-state index in [0.29, 0.717) is 6.42 Å². The number of carbonyl (C=O) groups excluding carboxylic acids is 1. The summed E-state index contributed by atoms with van der Waals surface area (Å²) in [5.74, 6) is 0.1000. The lowest BCUT2D eigenvalue weighted by atomic mass is 10.1. The van der Waals surface area contributed by atoms with Crippen LogP contribution in [0.4, 0.5) is 0 Å². The minimum atomic E-state index is 0.0366. The number of carbonyl (C=O) groups is 1. The lowest BCUT2D eigenvalue weighted by Crippen LogP contribution is -2.27. The molecule has 1 amide bonds. The van der Waals surface area contributed by atoms with Gasteiger partial charge in [-0.2, -0.15) is 0 Å². The van der Waals surface area contributed by atoms with Crippen LogP contribution in [0.5, 0.6) is 0 Å². The van der Waals surface area contributed by atoms with Crippen molar-refractivity contribution in [3.63, 3.8) is 0 Å². The Morgan fingerprint density at radius 3 is 3.11 bits per heavy atom. The predicted molar refractivity (Wildman–Crippen MR) is 78.9 cm³/mol. The summed E-state index contributed by atoms with van der Waals surface area (Å²) in [5, 5.41) is 3.03. The van der Waals surface area contributed by atoms with Crippen molar-refractivity contribution in [3.05, 3.63) is 34.3 Å². The van der Waals surface area contributed by atoms with Crippen molar-refractivity contribution in [1.82, 2.24) is 5.32 Å². The molecule has 0 radical (unpaired) electrons. The quantitative estimate of drug-likeness (QED) is 0.898. The molecule has 0 aromatic heterocycles. The molecule has 0 spiro atoms. The van der Waals surface area contributed by atoms with Gasteiger partial charge in [0.15, 0.2) is 0 Å². The van der Waals surface area contributed by atoms with Crippen LogP contribution in [0, 0.1) is 0 Å². The number of rotatable bonds is 5. The highest BCUT2D eigenvalue weighted by atomic mass is 79.9. The molecule has 1 aromatic carbocycles. The van der Waals surface area contributed by atoms with Crippen LogP contribution in [0.1, 0.15) is 44.2 Å². The van der Waals surface area contributed by atoms with E-state index in [9.17, 15) is 4.79 Å². The fourth-order valence-electron chi connectivity index (χ4n) is 2.34. The Bertz CT molecular complexity index is 430. The van der Waals surface area contributed by atoms with Gasteiger partial charge in [-0.1, -0.05) is 28.1 Å². The maximum atomic E-state index is 11.9. The van der Waals surface area contributed by atoms with Crippen molar-refractivity contribution < 1.29 is 9.53 Å². The topological polar surface area (TPSA) is 38.3 Å². The van der Waals surface area contributed by atoms with E-state index in [2.05, 4.69) is 21.2 Å². The second-order valence-electron chi connectivity index (χ2n) is 5.02. The minimum absolute atomic E-state index is 0.0366. The first-order valence-electron chi connectivity index (χ1n) is 6.81. The van der Waals surface area contributed by atoms with Crippen LogP contribution in [0.2, 0.25) is 0 Å². The van der Waals surface area contributed by atoms with Gasteiger partial charge < -0.3 is 10.1 Å². The normalized spacial score (nSPS) is 20.2. The van der Waals surface area contributed by atoms with Gasteiger partial charge in [-0.3, -0.25) is 4.79 Å². The highest BCUT2D eigenvalue weighted by Crippen LogP contribution is 2.19. The number of halogens is 1. The Morgan fingerprint density at radius 2 is 2.42 bits per heavy atom. The molecular weight excluding hydrogens is 306 g/mol. The molecule has 1 fully saturated rings. The molecule has 1 aliphatic heterocycles. The SMILES string of the molecule is CC(NC(=O)CCC1CCCO1)c1cccc(Br)c1. The Kier molecular flexibility index (Phi) is 5.40. The second kappa shape index (κ2) is 7.06. The fourth-order valence-corrected chi connectivity index (χ4v) is 2.75. The summed E-state index contributed by atoms with van der Waals surface area (Å²) in [6.45, 7) is 2.85. The molecule has 2 atom stereocenters. The van der Waals surface area contributed by atoms with Crippen molar-refractivity contribution in [1.29, 1.82) is 0 Å². The number of hydrogen-bond acceptors (Lipinski definition) is 2. The zero-order valence-electron chi connectivity index (χ0n) is 11.2. The second-order valence-corrected chi connectivity index (χ2v) is 5.93. The summed E-state index contributed by atoms with van der Waals surface area (Å²) >= 11 is 3.44. The molecule has 0 aliphatic carbocycles. The molecule has 4 heteroatoms. The van der Waals surface area contributed by atoms with E-state index in [1.807, 2.05) is 31.2 Å². The third kappa shape index (κ3) is 4.62. The Hall–Kier alpha value is -0.870. The smallest absolute Gasteiger partial charge is 0.220 e. The van der Waals surface area contributed by atoms with Crippen LogP contribution < -0.4 is 5.32 Å². The van der Waals surface area contributed by atoms with Gasteiger partial charge >= 0.3 is 0 Å². The van der Waals surface area contributed by atoms with Gasteiger partial charge in [0.25, 0.3) is 0 Å². The lowest BCUT2D eigenvalue weighted by Gasteiger charge is -2.15. The highest BCUT2D eigenvalue weighted by Gasteiger charge is 2.17. The molecule has 0 bridgehead atoms. The number of benzene rings is 1. The van der Waals surface area contributed by atoms with Gasteiger partial charge in [0, 0.05) is 17.5 Å². The monoisotopic (exact) mass is 325 g/mol. The van der Waals surface area contributed by atoms with Gasteiger partial charge in [0.1, 0.15) is 0 Å². The van der Waals surface area contributed by atoms with E-state index >= 15 is 0 Å². The zero-order chi connectivity index (χ0) is 13.7. The van der Waals surface area contributed by atoms with Crippen molar-refractivity contribution in [2.75, 3.05) is 6.61 Å². The van der Waals surface area contributed by atoms with Crippen LogP contribution >= 0.6 is 15.9 Å². The molecule has 19 heavy (non-hydrogen) atoms. The molecule has 3 nitrogen and oxygen atoms in total. The zero-order valence-corrected chi connectivity index (χ0v) is 12.8. The maximum absolute atomic E-state index is 11.9. The first-order valence-corrected chi connectivity index (χ1v) is 7.61. The number of ether oxygens (including phenoxy) is 1. The molecule has 1 heterocycles. The molecule has 2 rings (SSSR count). The Labute approximate surface area is 122 Å². The number of hydrogen-bond donors (Lipinski definition) is 1.